The van der Waals surface area contributed by atoms with Gasteiger partial charge in [0.15, 0.2) is 0 Å². The van der Waals surface area contributed by atoms with E-state index in [0.717, 1.165) is 12.1 Å². The molecule has 2 aromatic carbocycles. The summed E-state index contributed by atoms with van der Waals surface area (Å²) < 4.78 is 13.2. The summed E-state index contributed by atoms with van der Waals surface area (Å²) in [5, 5.41) is 2.65. The minimum Gasteiger partial charge on any atom is -0.325 e. The van der Waals surface area contributed by atoms with Crippen LogP contribution in [0.2, 0.25) is 0 Å². The molecule has 0 spiro atoms. The number of likely N-dealkylation sites (N-methyl/N-ethyl adjacent to an activating group) is 1. The van der Waals surface area contributed by atoms with Gasteiger partial charge in [0.25, 0.3) is 0 Å². The average Bonchev–Trinajstić information content (AvgIpc) is 3.04. The smallest absolute Gasteiger partial charge is 0.244 e. The number of carbonyl (C=O) groups excluding carboxylic acids is 2. The van der Waals surface area contributed by atoms with Gasteiger partial charge in [0.2, 0.25) is 11.8 Å². The van der Waals surface area contributed by atoms with E-state index in [1.807, 2.05) is 24.3 Å². The van der Waals surface area contributed by atoms with Crippen LogP contribution in [0.25, 0.3) is 0 Å². The molecular formula is C20H22FN3O2. The number of rotatable bonds is 5. The number of carbonyl (C=O) groups is 2. The Morgan fingerprint density at radius 1 is 1.23 bits per heavy atom. The Balaban J connectivity index is 1.60. The molecule has 2 amide bonds. The summed E-state index contributed by atoms with van der Waals surface area (Å²) in [6.07, 6.45) is 0.846. The number of hydrogen-bond donors (Lipinski definition) is 1. The number of para-hydroxylation sites is 1. The molecule has 0 radical (unpaired) electrons. The van der Waals surface area contributed by atoms with E-state index >= 15 is 0 Å². The predicted octanol–water partition coefficient (Wildman–Crippen LogP) is 2.67. The zero-order valence-corrected chi connectivity index (χ0v) is 14.9. The molecule has 0 bridgehead atoms. The maximum absolute atomic E-state index is 13.2. The van der Waals surface area contributed by atoms with Gasteiger partial charge in [0.1, 0.15) is 5.82 Å². The number of benzene rings is 2. The van der Waals surface area contributed by atoms with Crippen molar-refractivity contribution in [2.45, 2.75) is 19.4 Å². The molecule has 1 aliphatic rings. The third kappa shape index (κ3) is 3.91. The van der Waals surface area contributed by atoms with Crippen LogP contribution in [0.4, 0.5) is 15.8 Å². The Bertz CT molecular complexity index is 824. The first-order chi connectivity index (χ1) is 12.5. The van der Waals surface area contributed by atoms with E-state index in [0.29, 0.717) is 12.2 Å². The Kier molecular flexibility index (Phi) is 5.32. The zero-order chi connectivity index (χ0) is 18.7. The molecule has 3 rings (SSSR count). The first kappa shape index (κ1) is 18.1. The first-order valence-corrected chi connectivity index (χ1v) is 8.60. The number of amides is 2. The van der Waals surface area contributed by atoms with Gasteiger partial charge in [-0.05, 0) is 50.2 Å². The number of halogens is 1. The normalized spacial score (nSPS) is 14.2. The highest BCUT2D eigenvalue weighted by Crippen LogP contribution is 2.28. The van der Waals surface area contributed by atoms with Crippen LogP contribution in [0.1, 0.15) is 12.5 Å². The SMILES string of the molecule is C[C@@H](C(=O)N1CCc2ccccc21)N(C)CC(=O)Nc1cccc(F)c1. The molecule has 26 heavy (non-hydrogen) atoms. The Labute approximate surface area is 152 Å². The van der Waals surface area contributed by atoms with E-state index in [2.05, 4.69) is 5.32 Å². The largest absolute Gasteiger partial charge is 0.325 e. The van der Waals surface area contributed by atoms with Crippen molar-refractivity contribution in [1.29, 1.82) is 0 Å². The standard InChI is InChI=1S/C20H22FN3O2/c1-14(20(26)24-11-10-15-6-3-4-9-18(15)24)23(2)13-19(25)22-17-8-5-7-16(21)12-17/h3-9,12,14H,10-11,13H2,1-2H3,(H,22,25)/t14-/m0/s1. The molecule has 0 aromatic heterocycles. The second-order valence-electron chi connectivity index (χ2n) is 6.52. The van der Waals surface area contributed by atoms with Crippen molar-refractivity contribution >= 4 is 23.2 Å². The maximum Gasteiger partial charge on any atom is 0.244 e. The highest BCUT2D eigenvalue weighted by molar-refractivity contribution is 5.99. The predicted molar refractivity (Wildman–Crippen MR) is 99.6 cm³/mol. The first-order valence-electron chi connectivity index (χ1n) is 8.60. The fraction of sp³-hybridized carbons (Fsp3) is 0.300. The highest BCUT2D eigenvalue weighted by atomic mass is 19.1. The van der Waals surface area contributed by atoms with Gasteiger partial charge in [-0.1, -0.05) is 24.3 Å². The Morgan fingerprint density at radius 2 is 2.00 bits per heavy atom. The molecule has 0 unspecified atom stereocenters. The van der Waals surface area contributed by atoms with Crippen molar-refractivity contribution in [2.75, 3.05) is 30.4 Å². The Hall–Kier alpha value is -2.73. The van der Waals surface area contributed by atoms with E-state index in [1.165, 1.54) is 23.8 Å². The second kappa shape index (κ2) is 7.66. The van der Waals surface area contributed by atoms with Crippen molar-refractivity contribution in [3.8, 4) is 0 Å². The van der Waals surface area contributed by atoms with Gasteiger partial charge in [-0.2, -0.15) is 0 Å². The summed E-state index contributed by atoms with van der Waals surface area (Å²) in [6, 6.07) is 13.2. The molecule has 0 saturated carbocycles. The van der Waals surface area contributed by atoms with E-state index in [4.69, 9.17) is 0 Å². The van der Waals surface area contributed by atoms with Crippen molar-refractivity contribution in [3.63, 3.8) is 0 Å². The molecular weight excluding hydrogens is 333 g/mol. The van der Waals surface area contributed by atoms with E-state index in [-0.39, 0.29) is 18.4 Å². The molecule has 2 aromatic rings. The molecule has 1 atom stereocenters. The number of fused-ring (bicyclic) bond motifs is 1. The van der Waals surface area contributed by atoms with Crippen LogP contribution in [0.3, 0.4) is 0 Å². The van der Waals surface area contributed by atoms with Gasteiger partial charge in [-0.25, -0.2) is 4.39 Å². The number of nitrogens with zero attached hydrogens (tertiary/aromatic N) is 2. The van der Waals surface area contributed by atoms with Crippen molar-refractivity contribution in [1.82, 2.24) is 4.90 Å². The third-order valence-corrected chi connectivity index (χ3v) is 4.67. The molecule has 1 heterocycles. The van der Waals surface area contributed by atoms with Crippen LogP contribution in [-0.4, -0.2) is 42.9 Å². The topological polar surface area (TPSA) is 52.7 Å². The van der Waals surface area contributed by atoms with Crippen molar-refractivity contribution in [2.24, 2.45) is 0 Å². The number of nitrogens with one attached hydrogen (secondary N) is 1. The number of hydrogen-bond acceptors (Lipinski definition) is 3. The van der Waals surface area contributed by atoms with Gasteiger partial charge in [0, 0.05) is 17.9 Å². The minimum absolute atomic E-state index is 0.0315. The quantitative estimate of drug-likeness (QED) is 0.897. The number of anilines is 2. The van der Waals surface area contributed by atoms with Gasteiger partial charge in [0.05, 0.1) is 12.6 Å². The summed E-state index contributed by atoms with van der Waals surface area (Å²) >= 11 is 0. The molecule has 0 saturated heterocycles. The molecule has 1 aliphatic heterocycles. The summed E-state index contributed by atoms with van der Waals surface area (Å²) in [4.78, 5) is 28.5. The lowest BCUT2D eigenvalue weighted by Crippen LogP contribution is -2.47. The van der Waals surface area contributed by atoms with Crippen molar-refractivity contribution in [3.05, 3.63) is 59.9 Å². The second-order valence-corrected chi connectivity index (χ2v) is 6.52. The minimum atomic E-state index is -0.445. The molecule has 6 heteroatoms. The summed E-state index contributed by atoms with van der Waals surface area (Å²) in [6.45, 7) is 2.49. The van der Waals surface area contributed by atoms with Crippen molar-refractivity contribution < 1.29 is 14.0 Å². The summed E-state index contributed by atoms with van der Waals surface area (Å²) in [5.74, 6) is -0.733. The van der Waals surface area contributed by atoms with E-state index < -0.39 is 11.9 Å². The third-order valence-electron chi connectivity index (χ3n) is 4.67. The molecule has 0 aliphatic carbocycles. The fourth-order valence-corrected chi connectivity index (χ4v) is 3.11. The lowest BCUT2D eigenvalue weighted by molar-refractivity contribution is -0.124. The van der Waals surface area contributed by atoms with Gasteiger partial charge in [-0.3, -0.25) is 14.5 Å². The van der Waals surface area contributed by atoms with Crippen LogP contribution in [-0.2, 0) is 16.0 Å². The highest BCUT2D eigenvalue weighted by Gasteiger charge is 2.30. The van der Waals surface area contributed by atoms with Gasteiger partial charge >= 0.3 is 0 Å². The fourth-order valence-electron chi connectivity index (χ4n) is 3.11. The van der Waals surface area contributed by atoms with Gasteiger partial charge < -0.3 is 10.2 Å². The Morgan fingerprint density at radius 3 is 2.77 bits per heavy atom. The lowest BCUT2D eigenvalue weighted by Gasteiger charge is -2.28. The average molecular weight is 355 g/mol. The monoisotopic (exact) mass is 355 g/mol. The van der Waals surface area contributed by atoms with Gasteiger partial charge in [-0.15, -0.1) is 0 Å². The van der Waals surface area contributed by atoms with Crippen LogP contribution >= 0.6 is 0 Å². The van der Waals surface area contributed by atoms with Crippen LogP contribution in [0.15, 0.2) is 48.5 Å². The van der Waals surface area contributed by atoms with Crippen LogP contribution in [0.5, 0.6) is 0 Å². The molecule has 136 valence electrons. The lowest BCUT2D eigenvalue weighted by atomic mass is 10.2. The maximum atomic E-state index is 13.2. The van der Waals surface area contributed by atoms with Crippen LogP contribution < -0.4 is 10.2 Å². The molecule has 1 N–H and O–H groups in total. The molecule has 0 fully saturated rings. The zero-order valence-electron chi connectivity index (χ0n) is 14.9. The van der Waals surface area contributed by atoms with E-state index in [1.54, 1.807) is 29.8 Å². The molecule has 5 nitrogen and oxygen atoms in total. The summed E-state index contributed by atoms with van der Waals surface area (Å²) in [7, 11) is 1.73. The summed E-state index contributed by atoms with van der Waals surface area (Å²) in [5.41, 5.74) is 2.51. The van der Waals surface area contributed by atoms with Crippen LogP contribution in [0, 0.1) is 5.82 Å². The van der Waals surface area contributed by atoms with E-state index in [9.17, 15) is 14.0 Å².